The fraction of sp³-hybridized carbons (Fsp3) is 0.167. The fourth-order valence-corrected chi connectivity index (χ4v) is 2.75. The third-order valence-electron chi connectivity index (χ3n) is 4.15. The minimum Gasteiger partial charge on any atom is -0.280 e. The molecular weight excluding hydrogens is 386 g/mol. The molecule has 0 radical (unpaired) electrons. The lowest BCUT2D eigenvalue weighted by atomic mass is 10.1. The van der Waals surface area contributed by atoms with Crippen LogP contribution in [0.3, 0.4) is 0 Å². The Morgan fingerprint density at radius 1 is 1.07 bits per heavy atom. The standard InChI is InChI=1S/C18H16ClN5O4/c1-23-15-13(17(27)24(2)18(23)28)8-11(9-20-15)16(26)22-21-14(25)7-10-3-5-12(19)6-4-10/h3-6,8-9H,7H2,1-2H3,(H,21,25)(H,22,26). The van der Waals surface area contributed by atoms with Crippen molar-refractivity contribution < 1.29 is 9.59 Å². The number of pyridine rings is 1. The molecule has 9 nitrogen and oxygen atoms in total. The highest BCUT2D eigenvalue weighted by Crippen LogP contribution is 2.10. The molecule has 0 fully saturated rings. The first-order valence-electron chi connectivity index (χ1n) is 8.17. The monoisotopic (exact) mass is 401 g/mol. The first kappa shape index (κ1) is 19.3. The zero-order valence-corrected chi connectivity index (χ0v) is 15.8. The van der Waals surface area contributed by atoms with Crippen molar-refractivity contribution in [2.75, 3.05) is 0 Å². The van der Waals surface area contributed by atoms with E-state index in [0.29, 0.717) is 5.02 Å². The molecule has 0 aliphatic rings. The van der Waals surface area contributed by atoms with Gasteiger partial charge < -0.3 is 0 Å². The molecule has 0 atom stereocenters. The van der Waals surface area contributed by atoms with Gasteiger partial charge in [0.15, 0.2) is 0 Å². The number of nitrogens with zero attached hydrogens (tertiary/aromatic N) is 3. The van der Waals surface area contributed by atoms with Crippen LogP contribution in [0.2, 0.25) is 5.02 Å². The molecule has 1 aromatic carbocycles. The molecule has 0 bridgehead atoms. The number of halogens is 1. The van der Waals surface area contributed by atoms with Gasteiger partial charge in [0.1, 0.15) is 5.65 Å². The smallest absolute Gasteiger partial charge is 0.280 e. The Morgan fingerprint density at radius 3 is 2.43 bits per heavy atom. The van der Waals surface area contributed by atoms with Crippen LogP contribution in [0, 0.1) is 0 Å². The summed E-state index contributed by atoms with van der Waals surface area (Å²) in [5, 5.41) is 0.676. The summed E-state index contributed by atoms with van der Waals surface area (Å²) in [6, 6.07) is 8.06. The maximum absolute atomic E-state index is 12.3. The number of hydrogen-bond acceptors (Lipinski definition) is 5. The van der Waals surface area contributed by atoms with E-state index in [1.165, 1.54) is 30.9 Å². The Morgan fingerprint density at radius 2 is 1.75 bits per heavy atom. The maximum Gasteiger partial charge on any atom is 0.332 e. The molecule has 0 spiro atoms. The minimum atomic E-state index is -0.644. The SMILES string of the molecule is Cn1c(=O)c2cc(C(=O)NNC(=O)Cc3ccc(Cl)cc3)cnc2n(C)c1=O. The number of amides is 2. The van der Waals surface area contributed by atoms with E-state index >= 15 is 0 Å². The second-order valence-electron chi connectivity index (χ2n) is 6.11. The van der Waals surface area contributed by atoms with Gasteiger partial charge in [-0.3, -0.25) is 34.4 Å². The summed E-state index contributed by atoms with van der Waals surface area (Å²) in [5.41, 5.74) is 4.45. The number of benzene rings is 1. The van der Waals surface area contributed by atoms with Crippen molar-refractivity contribution in [3.63, 3.8) is 0 Å². The molecular formula is C18H16ClN5O4. The van der Waals surface area contributed by atoms with Gasteiger partial charge in [0, 0.05) is 25.3 Å². The summed E-state index contributed by atoms with van der Waals surface area (Å²) in [6.45, 7) is 0. The van der Waals surface area contributed by atoms with E-state index in [4.69, 9.17) is 11.6 Å². The zero-order valence-electron chi connectivity index (χ0n) is 15.0. The highest BCUT2D eigenvalue weighted by atomic mass is 35.5. The Balaban J connectivity index is 1.74. The molecule has 0 aliphatic heterocycles. The third kappa shape index (κ3) is 3.79. The summed E-state index contributed by atoms with van der Waals surface area (Å²) in [5.74, 6) is -1.07. The number of fused-ring (bicyclic) bond motifs is 1. The third-order valence-corrected chi connectivity index (χ3v) is 4.40. The van der Waals surface area contributed by atoms with Gasteiger partial charge in [0.2, 0.25) is 5.91 Å². The maximum atomic E-state index is 12.3. The summed E-state index contributed by atoms with van der Waals surface area (Å²) < 4.78 is 2.14. The predicted molar refractivity (Wildman–Crippen MR) is 103 cm³/mol. The number of nitrogens with one attached hydrogen (secondary N) is 2. The molecule has 2 N–H and O–H groups in total. The number of hydrogen-bond donors (Lipinski definition) is 2. The molecule has 0 saturated carbocycles. The molecule has 2 aromatic heterocycles. The van der Waals surface area contributed by atoms with Crippen molar-refractivity contribution in [2.24, 2.45) is 14.1 Å². The first-order valence-corrected chi connectivity index (χ1v) is 8.55. The van der Waals surface area contributed by atoms with Crippen molar-refractivity contribution in [1.82, 2.24) is 25.0 Å². The van der Waals surface area contributed by atoms with E-state index in [1.54, 1.807) is 24.3 Å². The molecule has 0 aliphatic carbocycles. The van der Waals surface area contributed by atoms with Crippen LogP contribution in [-0.4, -0.2) is 25.9 Å². The second-order valence-corrected chi connectivity index (χ2v) is 6.54. The van der Waals surface area contributed by atoms with Crippen LogP contribution in [0.4, 0.5) is 0 Å². The predicted octanol–water partition coefficient (Wildman–Crippen LogP) is 0.289. The van der Waals surface area contributed by atoms with Gasteiger partial charge in [0.25, 0.3) is 11.5 Å². The average molecular weight is 402 g/mol. The summed E-state index contributed by atoms with van der Waals surface area (Å²) in [6.07, 6.45) is 1.28. The van der Waals surface area contributed by atoms with Gasteiger partial charge in [-0.2, -0.15) is 0 Å². The van der Waals surface area contributed by atoms with E-state index in [9.17, 15) is 19.2 Å². The fourth-order valence-electron chi connectivity index (χ4n) is 2.62. The molecule has 3 rings (SSSR count). The highest BCUT2D eigenvalue weighted by Gasteiger charge is 2.14. The molecule has 0 unspecified atom stereocenters. The van der Waals surface area contributed by atoms with Gasteiger partial charge in [-0.1, -0.05) is 23.7 Å². The molecule has 28 heavy (non-hydrogen) atoms. The van der Waals surface area contributed by atoms with E-state index in [1.807, 2.05) is 0 Å². The van der Waals surface area contributed by atoms with Crippen LogP contribution < -0.4 is 22.1 Å². The van der Waals surface area contributed by atoms with Crippen LogP contribution in [-0.2, 0) is 25.3 Å². The van der Waals surface area contributed by atoms with E-state index in [2.05, 4.69) is 15.8 Å². The van der Waals surface area contributed by atoms with Crippen molar-refractivity contribution >= 4 is 34.4 Å². The van der Waals surface area contributed by atoms with Gasteiger partial charge in [-0.15, -0.1) is 0 Å². The largest absolute Gasteiger partial charge is 0.332 e. The minimum absolute atomic E-state index is 0.0517. The van der Waals surface area contributed by atoms with Crippen molar-refractivity contribution in [1.29, 1.82) is 0 Å². The Kier molecular flexibility index (Phi) is 5.27. The van der Waals surface area contributed by atoms with Crippen LogP contribution in [0.15, 0.2) is 46.1 Å². The molecule has 144 valence electrons. The topological polar surface area (TPSA) is 115 Å². The van der Waals surface area contributed by atoms with E-state index in [-0.39, 0.29) is 23.0 Å². The van der Waals surface area contributed by atoms with Gasteiger partial charge in [-0.05, 0) is 23.8 Å². The molecule has 2 heterocycles. The van der Waals surface area contributed by atoms with Gasteiger partial charge in [0.05, 0.1) is 17.4 Å². The van der Waals surface area contributed by atoms with Crippen LogP contribution >= 0.6 is 11.6 Å². The van der Waals surface area contributed by atoms with Crippen molar-refractivity contribution in [2.45, 2.75) is 6.42 Å². The first-order chi connectivity index (χ1) is 13.3. The average Bonchev–Trinajstić information content (AvgIpc) is 2.70. The number of aromatic nitrogens is 3. The lowest BCUT2D eigenvalue weighted by Gasteiger charge is -2.09. The van der Waals surface area contributed by atoms with Crippen molar-refractivity contribution in [3.8, 4) is 0 Å². The van der Waals surface area contributed by atoms with E-state index in [0.717, 1.165) is 10.1 Å². The molecule has 2 amide bonds. The van der Waals surface area contributed by atoms with Crippen LogP contribution in [0.1, 0.15) is 15.9 Å². The molecule has 0 saturated heterocycles. The molecule has 10 heteroatoms. The number of aryl methyl sites for hydroxylation is 1. The quantitative estimate of drug-likeness (QED) is 0.612. The second kappa shape index (κ2) is 7.65. The van der Waals surface area contributed by atoms with E-state index < -0.39 is 23.1 Å². The number of hydrazine groups is 1. The summed E-state index contributed by atoms with van der Waals surface area (Å²) in [4.78, 5) is 52.5. The van der Waals surface area contributed by atoms with Gasteiger partial charge in [-0.25, -0.2) is 9.78 Å². The Bertz CT molecular complexity index is 1200. The Hall–Kier alpha value is -3.46. The number of carbonyl (C=O) groups is 2. The van der Waals surface area contributed by atoms with Crippen LogP contribution in [0.5, 0.6) is 0 Å². The summed E-state index contributed by atoms with van der Waals surface area (Å²) in [7, 11) is 2.82. The normalized spacial score (nSPS) is 10.7. The van der Waals surface area contributed by atoms with Crippen molar-refractivity contribution in [3.05, 3.63) is 73.5 Å². The zero-order chi connectivity index (χ0) is 20.4. The van der Waals surface area contributed by atoms with Gasteiger partial charge >= 0.3 is 5.69 Å². The molecule has 3 aromatic rings. The lowest BCUT2D eigenvalue weighted by Crippen LogP contribution is -2.42. The highest BCUT2D eigenvalue weighted by molar-refractivity contribution is 6.30. The number of rotatable bonds is 3. The number of carbonyl (C=O) groups excluding carboxylic acids is 2. The summed E-state index contributed by atoms with van der Waals surface area (Å²) >= 11 is 5.79. The Labute approximate surface area is 163 Å². The van der Waals surface area contributed by atoms with Crippen LogP contribution in [0.25, 0.3) is 11.0 Å². The lowest BCUT2D eigenvalue weighted by molar-refractivity contribution is -0.121.